The van der Waals surface area contributed by atoms with Gasteiger partial charge in [0.2, 0.25) is 0 Å². The summed E-state index contributed by atoms with van der Waals surface area (Å²) >= 11 is 0. The third-order valence-corrected chi connectivity index (χ3v) is 9.19. The number of aryl methyl sites for hydroxylation is 1. The van der Waals surface area contributed by atoms with E-state index in [4.69, 9.17) is 9.26 Å². The Morgan fingerprint density at radius 2 is 2.05 bits per heavy atom. The van der Waals surface area contributed by atoms with Crippen LogP contribution >= 0.6 is 0 Å². The molecule has 4 nitrogen and oxygen atoms in total. The van der Waals surface area contributed by atoms with Gasteiger partial charge in [-0.1, -0.05) is 39.0 Å². The number of hydroxylamine groups is 1. The summed E-state index contributed by atoms with van der Waals surface area (Å²) in [4.78, 5) is 16.7. The number of carbonyl (C=O) groups excluding carboxylic acids is 1. The molecule has 0 spiro atoms. The first-order valence-electron chi connectivity index (χ1n) is 7.91. The summed E-state index contributed by atoms with van der Waals surface area (Å²) in [5, 5.41) is 0.242. The van der Waals surface area contributed by atoms with E-state index in [0.717, 1.165) is 36.3 Å². The molecule has 1 N–H and O–H groups in total. The fourth-order valence-electron chi connectivity index (χ4n) is 2.23. The van der Waals surface area contributed by atoms with Crippen LogP contribution in [0.25, 0.3) is 0 Å². The number of benzene rings is 1. The Bertz CT molecular complexity index is 549. The van der Waals surface area contributed by atoms with Crippen molar-refractivity contribution in [1.29, 1.82) is 0 Å². The molecule has 1 aromatic carbocycles. The molecule has 0 saturated heterocycles. The second kappa shape index (κ2) is 6.42. The van der Waals surface area contributed by atoms with Crippen LogP contribution in [0.3, 0.4) is 0 Å². The van der Waals surface area contributed by atoms with Gasteiger partial charge in [-0.2, -0.15) is 5.48 Å². The van der Waals surface area contributed by atoms with Crippen LogP contribution in [-0.2, 0) is 22.1 Å². The highest BCUT2D eigenvalue weighted by Crippen LogP contribution is 2.36. The summed E-state index contributed by atoms with van der Waals surface area (Å²) in [6, 6.07) is 6.00. The number of amides is 1. The topological polar surface area (TPSA) is 47.6 Å². The second-order valence-corrected chi connectivity index (χ2v) is 12.2. The molecule has 0 saturated carbocycles. The zero-order valence-electron chi connectivity index (χ0n) is 14.3. The molecule has 0 bridgehead atoms. The van der Waals surface area contributed by atoms with E-state index < -0.39 is 8.32 Å². The molecule has 122 valence electrons. The second-order valence-electron chi connectivity index (χ2n) is 7.42. The minimum atomic E-state index is -1.67. The van der Waals surface area contributed by atoms with Gasteiger partial charge in [0.1, 0.15) is 0 Å². The molecule has 0 unspecified atom stereocenters. The molecule has 0 radical (unpaired) electrons. The highest BCUT2D eigenvalue weighted by atomic mass is 28.4. The van der Waals surface area contributed by atoms with E-state index in [0.29, 0.717) is 6.42 Å². The fraction of sp³-hybridized carbons (Fsp3) is 0.588. The van der Waals surface area contributed by atoms with Crippen LogP contribution in [0, 0.1) is 0 Å². The van der Waals surface area contributed by atoms with Crippen LogP contribution in [-0.4, -0.2) is 20.8 Å². The van der Waals surface area contributed by atoms with Gasteiger partial charge in [-0.25, -0.2) is 0 Å². The average molecular weight is 321 g/mol. The molecule has 5 heteroatoms. The number of para-hydroxylation sites is 1. The van der Waals surface area contributed by atoms with Gasteiger partial charge in [0.15, 0.2) is 14.1 Å². The van der Waals surface area contributed by atoms with E-state index >= 15 is 0 Å². The Hall–Kier alpha value is -1.33. The number of rotatable bonds is 5. The Balaban J connectivity index is 1.91. The van der Waals surface area contributed by atoms with Gasteiger partial charge >= 0.3 is 0 Å². The standard InChI is InChI=1S/C17H27NO3Si/c1-17(2,3)22(4,5)20-11-7-10-13-8-6-9-14-12-15(19)18-21-16(13)14/h6,8-9H,7,10-12H2,1-5H3,(H,18,19). The van der Waals surface area contributed by atoms with Gasteiger partial charge < -0.3 is 9.26 Å². The lowest BCUT2D eigenvalue weighted by Crippen LogP contribution is -2.41. The van der Waals surface area contributed by atoms with Crippen molar-refractivity contribution in [3.63, 3.8) is 0 Å². The Morgan fingerprint density at radius 3 is 2.73 bits per heavy atom. The number of nitrogens with one attached hydrogen (secondary N) is 1. The minimum absolute atomic E-state index is 0.0917. The van der Waals surface area contributed by atoms with Crippen molar-refractivity contribution in [1.82, 2.24) is 5.48 Å². The lowest BCUT2D eigenvalue weighted by atomic mass is 10.0. The zero-order valence-corrected chi connectivity index (χ0v) is 15.3. The maximum Gasteiger partial charge on any atom is 0.257 e. The number of hydrogen-bond donors (Lipinski definition) is 1. The van der Waals surface area contributed by atoms with E-state index in [-0.39, 0.29) is 10.9 Å². The number of fused-ring (bicyclic) bond motifs is 1. The summed E-state index contributed by atoms with van der Waals surface area (Å²) in [7, 11) is -1.67. The summed E-state index contributed by atoms with van der Waals surface area (Å²) in [5.41, 5.74) is 4.55. The van der Waals surface area contributed by atoms with Gasteiger partial charge in [-0.3, -0.25) is 4.79 Å². The van der Waals surface area contributed by atoms with Crippen LogP contribution < -0.4 is 10.3 Å². The summed E-state index contributed by atoms with van der Waals surface area (Å²) < 4.78 is 6.21. The van der Waals surface area contributed by atoms with E-state index in [2.05, 4.69) is 45.4 Å². The SMILES string of the molecule is CC(C)(C)[Si](C)(C)OCCCc1cccc2c1ONC(=O)C2. The van der Waals surface area contributed by atoms with E-state index in [1.165, 1.54) is 0 Å². The molecule has 1 aliphatic heterocycles. The Kier molecular flexibility index (Phi) is 4.97. The zero-order chi connectivity index (χ0) is 16.4. The number of hydrogen-bond acceptors (Lipinski definition) is 3. The molecule has 2 rings (SSSR count). The van der Waals surface area contributed by atoms with Gasteiger partial charge in [-0.15, -0.1) is 0 Å². The highest BCUT2D eigenvalue weighted by molar-refractivity contribution is 6.74. The molecule has 0 fully saturated rings. The van der Waals surface area contributed by atoms with Crippen molar-refractivity contribution >= 4 is 14.2 Å². The molecule has 0 atom stereocenters. The van der Waals surface area contributed by atoms with E-state index in [9.17, 15) is 4.79 Å². The van der Waals surface area contributed by atoms with Gasteiger partial charge in [0, 0.05) is 12.2 Å². The first-order chi connectivity index (χ1) is 10.2. The summed E-state index contributed by atoms with van der Waals surface area (Å²) in [6.45, 7) is 12.1. The van der Waals surface area contributed by atoms with Crippen molar-refractivity contribution in [2.45, 2.75) is 58.2 Å². The molecular formula is C17H27NO3Si. The van der Waals surface area contributed by atoms with E-state index in [1.807, 2.05) is 12.1 Å². The molecule has 1 aliphatic rings. The highest BCUT2D eigenvalue weighted by Gasteiger charge is 2.36. The lowest BCUT2D eigenvalue weighted by Gasteiger charge is -2.36. The van der Waals surface area contributed by atoms with Crippen molar-refractivity contribution in [3.05, 3.63) is 29.3 Å². The molecule has 1 amide bonds. The molecule has 1 aromatic rings. The van der Waals surface area contributed by atoms with Crippen LogP contribution in [0.2, 0.25) is 18.1 Å². The van der Waals surface area contributed by atoms with Crippen LogP contribution in [0.1, 0.15) is 38.3 Å². The predicted octanol–water partition coefficient (Wildman–Crippen LogP) is 3.61. The van der Waals surface area contributed by atoms with Crippen molar-refractivity contribution in [2.75, 3.05) is 6.61 Å². The smallest absolute Gasteiger partial charge is 0.257 e. The first kappa shape index (κ1) is 17.0. The lowest BCUT2D eigenvalue weighted by molar-refractivity contribution is -0.128. The third-order valence-electron chi connectivity index (χ3n) is 4.66. The molecule has 0 aliphatic carbocycles. The normalized spacial score (nSPS) is 15.0. The van der Waals surface area contributed by atoms with Crippen LogP contribution in [0.15, 0.2) is 18.2 Å². The van der Waals surface area contributed by atoms with Crippen molar-refractivity contribution in [2.24, 2.45) is 0 Å². The quantitative estimate of drug-likeness (QED) is 0.666. The third kappa shape index (κ3) is 3.90. The van der Waals surface area contributed by atoms with Crippen LogP contribution in [0.5, 0.6) is 5.75 Å². The first-order valence-corrected chi connectivity index (χ1v) is 10.8. The fourth-order valence-corrected chi connectivity index (χ4v) is 3.32. The maximum absolute atomic E-state index is 11.4. The monoisotopic (exact) mass is 321 g/mol. The molecular weight excluding hydrogens is 294 g/mol. The average Bonchev–Trinajstić information content (AvgIpc) is 2.42. The molecule has 22 heavy (non-hydrogen) atoms. The molecule has 0 aromatic heterocycles. The summed E-state index contributed by atoms with van der Waals surface area (Å²) in [6.07, 6.45) is 2.25. The Labute approximate surface area is 134 Å². The maximum atomic E-state index is 11.4. The number of carbonyl (C=O) groups is 1. The van der Waals surface area contributed by atoms with Gasteiger partial charge in [-0.05, 0) is 36.5 Å². The summed E-state index contributed by atoms with van der Waals surface area (Å²) in [5.74, 6) is 0.723. The van der Waals surface area contributed by atoms with Crippen molar-refractivity contribution < 1.29 is 14.1 Å². The largest absolute Gasteiger partial charge is 0.417 e. The van der Waals surface area contributed by atoms with Crippen LogP contribution in [0.4, 0.5) is 0 Å². The van der Waals surface area contributed by atoms with Gasteiger partial charge in [0.25, 0.3) is 5.91 Å². The Morgan fingerprint density at radius 1 is 1.32 bits per heavy atom. The van der Waals surface area contributed by atoms with E-state index in [1.54, 1.807) is 0 Å². The van der Waals surface area contributed by atoms with Crippen molar-refractivity contribution in [3.8, 4) is 5.75 Å². The molecule has 1 heterocycles. The van der Waals surface area contributed by atoms with Gasteiger partial charge in [0.05, 0.1) is 6.42 Å². The minimum Gasteiger partial charge on any atom is -0.417 e. The predicted molar refractivity (Wildman–Crippen MR) is 90.4 cm³/mol.